The molecular formula is C22H30N2O2. The first-order valence-electron chi connectivity index (χ1n) is 9.75. The Bertz CT molecular complexity index is 620. The predicted octanol–water partition coefficient (Wildman–Crippen LogP) is 5.10. The zero-order valence-corrected chi connectivity index (χ0v) is 15.5. The fraction of sp³-hybridized carbons (Fsp3) is 0.455. The molecule has 4 nitrogen and oxygen atoms in total. The lowest BCUT2D eigenvalue weighted by Crippen LogP contribution is -2.21. The van der Waals surface area contributed by atoms with Crippen LogP contribution in [0.5, 0.6) is 0 Å². The third kappa shape index (κ3) is 8.65. The SMILES string of the molecule is O=C(CCCCCCCCC(=O)Nc1ccccc1)NC1=CCCC=C1. The Balaban J connectivity index is 1.42. The van der Waals surface area contributed by atoms with E-state index < -0.39 is 0 Å². The summed E-state index contributed by atoms with van der Waals surface area (Å²) in [4.78, 5) is 23.7. The fourth-order valence-electron chi connectivity index (χ4n) is 2.95. The van der Waals surface area contributed by atoms with E-state index in [1.807, 2.05) is 36.4 Å². The molecule has 1 aliphatic rings. The molecule has 0 unspecified atom stereocenters. The highest BCUT2D eigenvalue weighted by Gasteiger charge is 2.05. The fourth-order valence-corrected chi connectivity index (χ4v) is 2.95. The Morgan fingerprint density at radius 3 is 2.00 bits per heavy atom. The van der Waals surface area contributed by atoms with Crippen molar-refractivity contribution in [2.45, 2.75) is 64.2 Å². The second kappa shape index (κ2) is 12.1. The quantitative estimate of drug-likeness (QED) is 0.543. The first kappa shape index (κ1) is 20.0. The number of para-hydroxylation sites is 1. The number of benzene rings is 1. The van der Waals surface area contributed by atoms with Crippen LogP contribution in [0.1, 0.15) is 64.2 Å². The number of anilines is 1. The number of nitrogens with one attached hydrogen (secondary N) is 2. The van der Waals surface area contributed by atoms with Crippen LogP contribution in [0.25, 0.3) is 0 Å². The highest BCUT2D eigenvalue weighted by molar-refractivity contribution is 5.90. The molecule has 2 rings (SSSR count). The average Bonchev–Trinajstić information content (AvgIpc) is 2.65. The van der Waals surface area contributed by atoms with Crippen molar-refractivity contribution in [3.63, 3.8) is 0 Å². The van der Waals surface area contributed by atoms with Gasteiger partial charge in [0.1, 0.15) is 0 Å². The molecule has 0 saturated carbocycles. The molecule has 0 atom stereocenters. The lowest BCUT2D eigenvalue weighted by molar-refractivity contribution is -0.120. The average molecular weight is 354 g/mol. The smallest absolute Gasteiger partial charge is 0.224 e. The van der Waals surface area contributed by atoms with Crippen molar-refractivity contribution in [2.24, 2.45) is 0 Å². The van der Waals surface area contributed by atoms with Crippen molar-refractivity contribution in [1.29, 1.82) is 0 Å². The molecule has 26 heavy (non-hydrogen) atoms. The standard InChI is InChI=1S/C22H30N2O2/c25-21(23-19-13-7-5-8-14-19)17-11-3-1-2-4-12-18-22(26)24-20-15-9-6-10-16-20/h5,7-9,13-16H,1-4,6,10-12,17-18H2,(H,23,25)(H,24,26). The normalized spacial score (nSPS) is 13.2. The van der Waals surface area contributed by atoms with Crippen LogP contribution in [-0.4, -0.2) is 11.8 Å². The molecule has 1 aliphatic carbocycles. The van der Waals surface area contributed by atoms with E-state index >= 15 is 0 Å². The van der Waals surface area contributed by atoms with E-state index in [0.717, 1.165) is 62.8 Å². The van der Waals surface area contributed by atoms with Gasteiger partial charge in [-0.15, -0.1) is 0 Å². The minimum atomic E-state index is 0.0824. The molecule has 2 amide bonds. The number of unbranched alkanes of at least 4 members (excludes halogenated alkanes) is 5. The molecule has 2 N–H and O–H groups in total. The zero-order valence-electron chi connectivity index (χ0n) is 15.5. The van der Waals surface area contributed by atoms with Crippen LogP contribution in [-0.2, 0) is 9.59 Å². The molecule has 0 aromatic heterocycles. The van der Waals surface area contributed by atoms with E-state index in [-0.39, 0.29) is 11.8 Å². The first-order valence-corrected chi connectivity index (χ1v) is 9.75. The summed E-state index contributed by atoms with van der Waals surface area (Å²) in [5.74, 6) is 0.194. The van der Waals surface area contributed by atoms with Gasteiger partial charge in [0.2, 0.25) is 11.8 Å². The summed E-state index contributed by atoms with van der Waals surface area (Å²) in [7, 11) is 0. The highest BCUT2D eigenvalue weighted by Crippen LogP contribution is 2.11. The Morgan fingerprint density at radius 1 is 0.769 bits per heavy atom. The van der Waals surface area contributed by atoms with E-state index in [4.69, 9.17) is 0 Å². The summed E-state index contributed by atoms with van der Waals surface area (Å²) in [6.45, 7) is 0. The number of allylic oxidation sites excluding steroid dienone is 3. The maximum atomic E-state index is 11.8. The van der Waals surface area contributed by atoms with Crippen molar-refractivity contribution < 1.29 is 9.59 Å². The van der Waals surface area contributed by atoms with Crippen LogP contribution in [0.3, 0.4) is 0 Å². The van der Waals surface area contributed by atoms with Gasteiger partial charge in [-0.3, -0.25) is 9.59 Å². The molecule has 0 spiro atoms. The van der Waals surface area contributed by atoms with Gasteiger partial charge in [-0.2, -0.15) is 0 Å². The summed E-state index contributed by atoms with van der Waals surface area (Å²) in [5.41, 5.74) is 1.80. The lowest BCUT2D eigenvalue weighted by atomic mass is 10.1. The number of hydrogen-bond donors (Lipinski definition) is 2. The summed E-state index contributed by atoms with van der Waals surface area (Å²) >= 11 is 0. The molecule has 4 heteroatoms. The minimum absolute atomic E-state index is 0.0824. The summed E-state index contributed by atoms with van der Waals surface area (Å²) in [6.07, 6.45) is 15.6. The van der Waals surface area contributed by atoms with Gasteiger partial charge >= 0.3 is 0 Å². The van der Waals surface area contributed by atoms with E-state index in [1.165, 1.54) is 0 Å². The van der Waals surface area contributed by atoms with Crippen LogP contribution in [0, 0.1) is 0 Å². The van der Waals surface area contributed by atoms with E-state index in [0.29, 0.717) is 12.8 Å². The van der Waals surface area contributed by atoms with Crippen molar-refractivity contribution in [3.8, 4) is 0 Å². The Labute approximate surface area is 156 Å². The number of amides is 2. The molecule has 0 bridgehead atoms. The van der Waals surface area contributed by atoms with Gasteiger partial charge in [0.15, 0.2) is 0 Å². The number of carbonyl (C=O) groups is 2. The molecule has 1 aromatic rings. The minimum Gasteiger partial charge on any atom is -0.326 e. The largest absolute Gasteiger partial charge is 0.326 e. The predicted molar refractivity (Wildman–Crippen MR) is 107 cm³/mol. The summed E-state index contributed by atoms with van der Waals surface area (Å²) in [6, 6.07) is 9.56. The zero-order chi connectivity index (χ0) is 18.5. The van der Waals surface area contributed by atoms with E-state index in [9.17, 15) is 9.59 Å². The van der Waals surface area contributed by atoms with Gasteiger partial charge in [0.05, 0.1) is 0 Å². The molecule has 140 valence electrons. The molecule has 0 aliphatic heterocycles. The maximum absolute atomic E-state index is 11.8. The van der Waals surface area contributed by atoms with Crippen molar-refractivity contribution in [3.05, 3.63) is 54.3 Å². The molecular weight excluding hydrogens is 324 g/mol. The third-order valence-corrected chi connectivity index (χ3v) is 4.39. The number of carbonyl (C=O) groups excluding carboxylic acids is 2. The molecule has 0 radical (unpaired) electrons. The Hall–Kier alpha value is -2.36. The van der Waals surface area contributed by atoms with E-state index in [1.54, 1.807) is 0 Å². The Kier molecular flexibility index (Phi) is 9.26. The van der Waals surface area contributed by atoms with Crippen LogP contribution in [0.4, 0.5) is 5.69 Å². The topological polar surface area (TPSA) is 58.2 Å². The summed E-state index contributed by atoms with van der Waals surface area (Å²) < 4.78 is 0. The molecule has 1 aromatic carbocycles. The second-order valence-electron chi connectivity index (χ2n) is 6.72. The molecule has 0 fully saturated rings. The van der Waals surface area contributed by atoms with Gasteiger partial charge < -0.3 is 10.6 Å². The van der Waals surface area contributed by atoms with E-state index in [2.05, 4.69) is 22.8 Å². The first-order chi connectivity index (χ1) is 12.7. The maximum Gasteiger partial charge on any atom is 0.224 e. The monoisotopic (exact) mass is 354 g/mol. The van der Waals surface area contributed by atoms with Gasteiger partial charge in [0, 0.05) is 24.2 Å². The number of hydrogen-bond acceptors (Lipinski definition) is 2. The van der Waals surface area contributed by atoms with Crippen molar-refractivity contribution >= 4 is 17.5 Å². The molecule has 0 heterocycles. The van der Waals surface area contributed by atoms with Crippen molar-refractivity contribution in [1.82, 2.24) is 5.32 Å². The second-order valence-corrected chi connectivity index (χ2v) is 6.72. The van der Waals surface area contributed by atoms with Crippen LogP contribution in [0.15, 0.2) is 54.3 Å². The Morgan fingerprint density at radius 2 is 1.38 bits per heavy atom. The van der Waals surface area contributed by atoms with Crippen molar-refractivity contribution in [2.75, 3.05) is 5.32 Å². The molecule has 0 saturated heterocycles. The van der Waals surface area contributed by atoms with Gasteiger partial charge in [0.25, 0.3) is 0 Å². The highest BCUT2D eigenvalue weighted by atomic mass is 16.2. The van der Waals surface area contributed by atoms with Crippen LogP contribution >= 0.6 is 0 Å². The lowest BCUT2D eigenvalue weighted by Gasteiger charge is -2.09. The van der Waals surface area contributed by atoms with Crippen LogP contribution < -0.4 is 10.6 Å². The number of rotatable bonds is 11. The third-order valence-electron chi connectivity index (χ3n) is 4.39. The van der Waals surface area contributed by atoms with Gasteiger partial charge in [-0.25, -0.2) is 0 Å². The van der Waals surface area contributed by atoms with Gasteiger partial charge in [-0.1, -0.05) is 56.0 Å². The van der Waals surface area contributed by atoms with Gasteiger partial charge in [-0.05, 0) is 43.9 Å². The van der Waals surface area contributed by atoms with Crippen LogP contribution in [0.2, 0.25) is 0 Å². The summed E-state index contributed by atoms with van der Waals surface area (Å²) in [5, 5.41) is 5.86.